The van der Waals surface area contributed by atoms with E-state index in [4.69, 9.17) is 9.52 Å². The number of carbonyl (C=O) groups is 1. The van der Waals surface area contributed by atoms with Crippen LogP contribution in [0.2, 0.25) is 0 Å². The van der Waals surface area contributed by atoms with Crippen LogP contribution < -0.4 is 4.90 Å². The Labute approximate surface area is 103 Å². The van der Waals surface area contributed by atoms with E-state index < -0.39 is 5.97 Å². The summed E-state index contributed by atoms with van der Waals surface area (Å²) in [4.78, 5) is 17.3. The maximum absolute atomic E-state index is 11.2. The second kappa shape index (κ2) is 3.90. The molecule has 3 rings (SSSR count). The first-order chi connectivity index (χ1) is 8.66. The van der Waals surface area contributed by atoms with Crippen LogP contribution in [0.4, 0.5) is 5.88 Å². The van der Waals surface area contributed by atoms with Gasteiger partial charge in [-0.05, 0) is 13.0 Å². The number of anilines is 1. The Bertz CT molecular complexity index is 586. The Morgan fingerprint density at radius 1 is 1.50 bits per heavy atom. The number of hydrogen-bond donors (Lipinski definition) is 1. The third-order valence-corrected chi connectivity index (χ3v) is 3.22. The van der Waals surface area contributed by atoms with Crippen LogP contribution in [0.1, 0.15) is 22.0 Å². The number of aromatic nitrogens is 2. The third-order valence-electron chi connectivity index (χ3n) is 3.22. The summed E-state index contributed by atoms with van der Waals surface area (Å²) in [7, 11) is 0. The van der Waals surface area contributed by atoms with Gasteiger partial charge in [0.1, 0.15) is 5.82 Å². The van der Waals surface area contributed by atoms with Crippen molar-refractivity contribution in [3.8, 4) is 0 Å². The van der Waals surface area contributed by atoms with E-state index >= 15 is 0 Å². The maximum Gasteiger partial charge on any atom is 0.356 e. The molecule has 0 unspecified atom stereocenters. The van der Waals surface area contributed by atoms with E-state index in [-0.39, 0.29) is 5.69 Å². The topological polar surface area (TPSA) is 71.5 Å². The van der Waals surface area contributed by atoms with Crippen molar-refractivity contribution >= 4 is 11.9 Å². The second-order valence-electron chi connectivity index (χ2n) is 4.28. The van der Waals surface area contributed by atoms with E-state index in [1.165, 1.54) is 0 Å². The summed E-state index contributed by atoms with van der Waals surface area (Å²) >= 11 is 0. The molecule has 0 aromatic carbocycles. The van der Waals surface area contributed by atoms with Gasteiger partial charge in [0.05, 0.1) is 18.5 Å². The fourth-order valence-corrected chi connectivity index (χ4v) is 2.36. The van der Waals surface area contributed by atoms with Crippen LogP contribution in [0.25, 0.3) is 0 Å². The van der Waals surface area contributed by atoms with Gasteiger partial charge < -0.3 is 19.0 Å². The SMILES string of the molecule is Cc1nc(C(=O)O)c2n1CCN(c1ccco1)C2. The summed E-state index contributed by atoms with van der Waals surface area (Å²) in [5, 5.41) is 9.15. The average molecular weight is 247 g/mol. The molecule has 6 nitrogen and oxygen atoms in total. The minimum absolute atomic E-state index is 0.142. The van der Waals surface area contributed by atoms with Gasteiger partial charge in [0.25, 0.3) is 0 Å². The molecule has 3 heterocycles. The molecule has 1 aliphatic rings. The van der Waals surface area contributed by atoms with Gasteiger partial charge in [-0.3, -0.25) is 0 Å². The number of aryl methyl sites for hydroxylation is 1. The Morgan fingerprint density at radius 3 is 3.00 bits per heavy atom. The molecule has 0 fully saturated rings. The van der Waals surface area contributed by atoms with Crippen molar-refractivity contribution in [3.63, 3.8) is 0 Å². The summed E-state index contributed by atoms with van der Waals surface area (Å²) in [6.45, 7) is 3.85. The number of furan rings is 1. The van der Waals surface area contributed by atoms with Crippen LogP contribution in [-0.2, 0) is 13.1 Å². The molecule has 0 atom stereocenters. The second-order valence-corrected chi connectivity index (χ2v) is 4.28. The van der Waals surface area contributed by atoms with E-state index in [0.29, 0.717) is 6.54 Å². The standard InChI is InChI=1S/C12H13N3O3/c1-8-13-11(12(16)17)9-7-14(4-5-15(8)9)10-3-2-6-18-10/h2-3,6H,4-5,7H2,1H3,(H,16,17). The van der Waals surface area contributed by atoms with Gasteiger partial charge in [0, 0.05) is 19.2 Å². The highest BCUT2D eigenvalue weighted by molar-refractivity contribution is 5.87. The van der Waals surface area contributed by atoms with E-state index in [1.54, 1.807) is 6.26 Å². The van der Waals surface area contributed by atoms with Gasteiger partial charge in [-0.1, -0.05) is 0 Å². The molecule has 0 aliphatic carbocycles. The summed E-state index contributed by atoms with van der Waals surface area (Å²) in [6.07, 6.45) is 1.62. The lowest BCUT2D eigenvalue weighted by atomic mass is 10.2. The molecule has 0 radical (unpaired) electrons. The van der Waals surface area contributed by atoms with E-state index in [9.17, 15) is 4.79 Å². The maximum atomic E-state index is 11.2. The first-order valence-electron chi connectivity index (χ1n) is 5.74. The molecule has 2 aromatic rings. The third kappa shape index (κ3) is 1.57. The molecule has 2 aromatic heterocycles. The monoisotopic (exact) mass is 247 g/mol. The van der Waals surface area contributed by atoms with Crippen LogP contribution in [0.5, 0.6) is 0 Å². The highest BCUT2D eigenvalue weighted by Gasteiger charge is 2.26. The van der Waals surface area contributed by atoms with Crippen LogP contribution in [0, 0.1) is 6.92 Å². The summed E-state index contributed by atoms with van der Waals surface area (Å²) < 4.78 is 7.31. The molecule has 1 aliphatic heterocycles. The molecule has 18 heavy (non-hydrogen) atoms. The lowest BCUT2D eigenvalue weighted by molar-refractivity contribution is 0.0689. The number of aromatic carboxylic acids is 1. The summed E-state index contributed by atoms with van der Waals surface area (Å²) in [5.41, 5.74) is 0.881. The van der Waals surface area contributed by atoms with E-state index in [1.807, 2.05) is 28.5 Å². The van der Waals surface area contributed by atoms with Crippen molar-refractivity contribution in [2.24, 2.45) is 0 Å². The number of nitrogens with zero attached hydrogens (tertiary/aromatic N) is 3. The van der Waals surface area contributed by atoms with Gasteiger partial charge in [0.2, 0.25) is 0 Å². The zero-order valence-corrected chi connectivity index (χ0v) is 9.96. The molecule has 0 spiro atoms. The molecule has 0 amide bonds. The molecule has 0 saturated heterocycles. The minimum atomic E-state index is -0.979. The van der Waals surface area contributed by atoms with Crippen molar-refractivity contribution < 1.29 is 14.3 Å². The number of carboxylic acid groups (broad SMARTS) is 1. The molecule has 0 bridgehead atoms. The Kier molecular flexibility index (Phi) is 2.36. The molecular weight excluding hydrogens is 234 g/mol. The van der Waals surface area contributed by atoms with Crippen LogP contribution in [0.3, 0.4) is 0 Å². The fourth-order valence-electron chi connectivity index (χ4n) is 2.36. The lowest BCUT2D eigenvalue weighted by Crippen LogP contribution is -2.34. The van der Waals surface area contributed by atoms with Gasteiger partial charge in [-0.25, -0.2) is 9.78 Å². The molecular formula is C12H13N3O3. The lowest BCUT2D eigenvalue weighted by Gasteiger charge is -2.28. The zero-order chi connectivity index (χ0) is 12.7. The van der Waals surface area contributed by atoms with Crippen LogP contribution >= 0.6 is 0 Å². The molecule has 0 saturated carbocycles. The molecule has 1 N–H and O–H groups in total. The minimum Gasteiger partial charge on any atom is -0.476 e. The van der Waals surface area contributed by atoms with Crippen molar-refractivity contribution in [1.82, 2.24) is 9.55 Å². The Hall–Kier alpha value is -2.24. The normalized spacial score (nSPS) is 14.6. The van der Waals surface area contributed by atoms with Crippen molar-refractivity contribution in [1.29, 1.82) is 0 Å². The first-order valence-corrected chi connectivity index (χ1v) is 5.74. The largest absolute Gasteiger partial charge is 0.476 e. The van der Waals surface area contributed by atoms with Crippen LogP contribution in [-0.4, -0.2) is 27.2 Å². The number of fused-ring (bicyclic) bond motifs is 1. The van der Waals surface area contributed by atoms with E-state index in [2.05, 4.69) is 4.98 Å². The number of rotatable bonds is 2. The first kappa shape index (κ1) is 10.9. The number of carboxylic acids is 1. The highest BCUT2D eigenvalue weighted by atomic mass is 16.4. The predicted molar refractivity (Wildman–Crippen MR) is 63.7 cm³/mol. The number of imidazole rings is 1. The quantitative estimate of drug-likeness (QED) is 0.870. The highest BCUT2D eigenvalue weighted by Crippen LogP contribution is 2.24. The summed E-state index contributed by atoms with van der Waals surface area (Å²) in [6, 6.07) is 3.70. The van der Waals surface area contributed by atoms with Crippen molar-refractivity contribution in [3.05, 3.63) is 35.6 Å². The average Bonchev–Trinajstić information content (AvgIpc) is 2.97. The van der Waals surface area contributed by atoms with Gasteiger partial charge in [0.15, 0.2) is 11.6 Å². The molecule has 6 heteroatoms. The molecule has 94 valence electrons. The summed E-state index contributed by atoms with van der Waals surface area (Å²) in [5.74, 6) is 0.533. The van der Waals surface area contributed by atoms with Gasteiger partial charge >= 0.3 is 5.97 Å². The Morgan fingerprint density at radius 2 is 2.33 bits per heavy atom. The number of hydrogen-bond acceptors (Lipinski definition) is 4. The van der Waals surface area contributed by atoms with Crippen molar-refractivity contribution in [2.45, 2.75) is 20.0 Å². The van der Waals surface area contributed by atoms with Gasteiger partial charge in [-0.15, -0.1) is 0 Å². The van der Waals surface area contributed by atoms with Gasteiger partial charge in [-0.2, -0.15) is 0 Å². The Balaban J connectivity index is 1.98. The predicted octanol–water partition coefficient (Wildman–Crippen LogP) is 1.50. The van der Waals surface area contributed by atoms with E-state index in [0.717, 1.165) is 30.5 Å². The smallest absolute Gasteiger partial charge is 0.356 e. The van der Waals surface area contributed by atoms with Crippen LogP contribution in [0.15, 0.2) is 22.8 Å². The fraction of sp³-hybridized carbons (Fsp3) is 0.333. The van der Waals surface area contributed by atoms with Crippen molar-refractivity contribution in [2.75, 3.05) is 11.4 Å². The zero-order valence-electron chi connectivity index (χ0n) is 9.96.